The van der Waals surface area contributed by atoms with E-state index in [-0.39, 0.29) is 11.6 Å². The molecule has 1 fully saturated rings. The van der Waals surface area contributed by atoms with Crippen LogP contribution < -0.4 is 10.2 Å². The van der Waals surface area contributed by atoms with E-state index in [1.807, 2.05) is 0 Å². The number of amides is 1. The zero-order valence-corrected chi connectivity index (χ0v) is 16.4. The molecule has 148 valence electrons. The molecule has 7 nitrogen and oxygen atoms in total. The van der Waals surface area contributed by atoms with Gasteiger partial charge >= 0.3 is 0 Å². The van der Waals surface area contributed by atoms with Crippen molar-refractivity contribution in [3.05, 3.63) is 69.3 Å². The first-order valence-corrected chi connectivity index (χ1v) is 9.50. The molecule has 2 aromatic carbocycles. The molecule has 0 spiro atoms. The number of anilines is 1. The molecule has 1 saturated heterocycles. The molecule has 3 rings (SSSR count). The summed E-state index contributed by atoms with van der Waals surface area (Å²) in [5.41, 5.74) is 3.19. The van der Waals surface area contributed by atoms with Crippen molar-refractivity contribution >= 4 is 17.3 Å². The normalized spacial score (nSPS) is 14.7. The van der Waals surface area contributed by atoms with E-state index >= 15 is 0 Å². The number of carbonyl (C=O) groups is 1. The molecule has 0 saturated carbocycles. The van der Waals surface area contributed by atoms with E-state index in [4.69, 9.17) is 0 Å². The molecule has 1 N–H and O–H groups in total. The Balaban J connectivity index is 1.51. The largest absolute Gasteiger partial charge is 0.369 e. The van der Waals surface area contributed by atoms with Gasteiger partial charge in [0.25, 0.3) is 11.6 Å². The monoisotopic (exact) mass is 382 g/mol. The van der Waals surface area contributed by atoms with Gasteiger partial charge in [-0.15, -0.1) is 0 Å². The third kappa shape index (κ3) is 4.86. The molecule has 0 unspecified atom stereocenters. The minimum absolute atomic E-state index is 0.0351. The molecule has 0 aliphatic carbocycles. The number of nitro groups is 1. The van der Waals surface area contributed by atoms with Crippen LogP contribution in [-0.2, 0) is 6.42 Å². The number of likely N-dealkylation sites (N-methyl/N-ethyl adjacent to an activating group) is 1. The number of nitrogens with zero attached hydrogens (tertiary/aromatic N) is 3. The summed E-state index contributed by atoms with van der Waals surface area (Å²) in [6, 6.07) is 13.0. The number of benzene rings is 2. The fourth-order valence-corrected chi connectivity index (χ4v) is 3.31. The van der Waals surface area contributed by atoms with Crippen LogP contribution >= 0.6 is 0 Å². The number of nitro benzene ring substituents is 1. The highest BCUT2D eigenvalue weighted by Gasteiger charge is 2.15. The summed E-state index contributed by atoms with van der Waals surface area (Å²) in [7, 11) is 2.14. The van der Waals surface area contributed by atoms with E-state index in [0.717, 1.165) is 31.7 Å². The predicted molar refractivity (Wildman–Crippen MR) is 110 cm³/mol. The number of hydrogen-bond acceptors (Lipinski definition) is 5. The Morgan fingerprint density at radius 3 is 2.43 bits per heavy atom. The Hall–Kier alpha value is -2.93. The molecule has 28 heavy (non-hydrogen) atoms. The summed E-state index contributed by atoms with van der Waals surface area (Å²) >= 11 is 0. The molecule has 1 aliphatic heterocycles. The van der Waals surface area contributed by atoms with Crippen LogP contribution in [0.25, 0.3) is 0 Å². The zero-order valence-electron chi connectivity index (χ0n) is 16.4. The van der Waals surface area contributed by atoms with Crippen LogP contribution in [0.1, 0.15) is 21.5 Å². The van der Waals surface area contributed by atoms with Gasteiger partial charge in [0, 0.05) is 55.6 Å². The van der Waals surface area contributed by atoms with Gasteiger partial charge in [-0.25, -0.2) is 0 Å². The number of hydrogen-bond donors (Lipinski definition) is 1. The van der Waals surface area contributed by atoms with E-state index in [9.17, 15) is 14.9 Å². The Bertz CT molecular complexity index is 843. The minimum Gasteiger partial charge on any atom is -0.369 e. The molecular formula is C21H26N4O3. The Kier molecular flexibility index (Phi) is 6.26. The lowest BCUT2D eigenvalue weighted by Gasteiger charge is -2.34. The van der Waals surface area contributed by atoms with Gasteiger partial charge in [0.05, 0.1) is 4.92 Å². The number of rotatable bonds is 6. The van der Waals surface area contributed by atoms with Gasteiger partial charge in [-0.05, 0) is 44.2 Å². The Morgan fingerprint density at radius 2 is 1.79 bits per heavy atom. The van der Waals surface area contributed by atoms with Crippen molar-refractivity contribution < 1.29 is 9.72 Å². The fourth-order valence-electron chi connectivity index (χ4n) is 3.31. The number of nitrogens with one attached hydrogen (secondary N) is 1. The van der Waals surface area contributed by atoms with Gasteiger partial charge in [0.2, 0.25) is 0 Å². The molecule has 1 aliphatic rings. The van der Waals surface area contributed by atoms with Crippen molar-refractivity contribution in [2.45, 2.75) is 13.3 Å². The van der Waals surface area contributed by atoms with Crippen molar-refractivity contribution in [1.29, 1.82) is 0 Å². The number of carbonyl (C=O) groups excluding carboxylic acids is 1. The second-order valence-corrected chi connectivity index (χ2v) is 7.22. The van der Waals surface area contributed by atoms with Crippen LogP contribution in [0.2, 0.25) is 0 Å². The first-order chi connectivity index (χ1) is 13.4. The van der Waals surface area contributed by atoms with Crippen molar-refractivity contribution in [3.63, 3.8) is 0 Å². The van der Waals surface area contributed by atoms with E-state index in [2.05, 4.69) is 46.4 Å². The Labute approximate surface area is 165 Å². The lowest BCUT2D eigenvalue weighted by molar-refractivity contribution is -0.385. The summed E-state index contributed by atoms with van der Waals surface area (Å²) in [5.74, 6) is -0.294. The van der Waals surface area contributed by atoms with Crippen molar-refractivity contribution in [3.8, 4) is 0 Å². The van der Waals surface area contributed by atoms with E-state index in [1.165, 1.54) is 11.8 Å². The smallest absolute Gasteiger partial charge is 0.273 e. The molecule has 0 atom stereocenters. The molecule has 0 radical (unpaired) electrons. The Morgan fingerprint density at radius 1 is 1.11 bits per heavy atom. The lowest BCUT2D eigenvalue weighted by Crippen LogP contribution is -2.44. The summed E-state index contributed by atoms with van der Waals surface area (Å²) in [4.78, 5) is 27.5. The van der Waals surface area contributed by atoms with Gasteiger partial charge < -0.3 is 15.1 Å². The van der Waals surface area contributed by atoms with Crippen LogP contribution in [-0.4, -0.2) is 55.5 Å². The van der Waals surface area contributed by atoms with Crippen molar-refractivity contribution in [2.24, 2.45) is 0 Å². The van der Waals surface area contributed by atoms with E-state index in [1.54, 1.807) is 19.1 Å². The molecular weight excluding hydrogens is 356 g/mol. The summed E-state index contributed by atoms with van der Waals surface area (Å²) in [6.45, 7) is 6.36. The van der Waals surface area contributed by atoms with Gasteiger partial charge in [-0.2, -0.15) is 0 Å². The lowest BCUT2D eigenvalue weighted by atomic mass is 10.1. The van der Waals surface area contributed by atoms with Crippen LogP contribution in [0.3, 0.4) is 0 Å². The van der Waals surface area contributed by atoms with Gasteiger partial charge in [0.15, 0.2) is 0 Å². The third-order valence-corrected chi connectivity index (χ3v) is 5.17. The molecule has 7 heteroatoms. The standard InChI is InChI=1S/C21H26N4O3/c1-16-3-6-18(15-20(16)25(27)28)21(26)22-10-9-17-4-7-19(8-5-17)24-13-11-23(2)12-14-24/h3-8,15H,9-14H2,1-2H3,(H,22,26). The highest BCUT2D eigenvalue weighted by molar-refractivity contribution is 5.95. The summed E-state index contributed by atoms with van der Waals surface area (Å²) < 4.78 is 0. The molecule has 2 aromatic rings. The van der Waals surface area contributed by atoms with Gasteiger partial charge in [-0.3, -0.25) is 14.9 Å². The van der Waals surface area contributed by atoms with Crippen molar-refractivity contribution in [1.82, 2.24) is 10.2 Å². The SMILES string of the molecule is Cc1ccc(C(=O)NCCc2ccc(N3CCN(C)CC3)cc2)cc1[N+](=O)[O-]. The summed E-state index contributed by atoms with van der Waals surface area (Å²) in [5, 5.41) is 13.9. The maximum absolute atomic E-state index is 12.3. The second kappa shape index (κ2) is 8.84. The van der Waals surface area contributed by atoms with E-state index in [0.29, 0.717) is 24.1 Å². The maximum Gasteiger partial charge on any atom is 0.273 e. The van der Waals surface area contributed by atoms with Gasteiger partial charge in [0.1, 0.15) is 0 Å². The average Bonchev–Trinajstić information content (AvgIpc) is 2.69. The molecule has 1 heterocycles. The highest BCUT2D eigenvalue weighted by atomic mass is 16.6. The van der Waals surface area contributed by atoms with Crippen molar-refractivity contribution in [2.75, 3.05) is 44.7 Å². The minimum atomic E-state index is -0.464. The second-order valence-electron chi connectivity index (χ2n) is 7.22. The molecule has 0 bridgehead atoms. The van der Waals surface area contributed by atoms with E-state index < -0.39 is 4.92 Å². The maximum atomic E-state index is 12.3. The van der Waals surface area contributed by atoms with Crippen LogP contribution in [0, 0.1) is 17.0 Å². The van der Waals surface area contributed by atoms with Crippen LogP contribution in [0.5, 0.6) is 0 Å². The third-order valence-electron chi connectivity index (χ3n) is 5.17. The average molecular weight is 382 g/mol. The number of piperazine rings is 1. The summed E-state index contributed by atoms with van der Waals surface area (Å²) in [6.07, 6.45) is 0.711. The first-order valence-electron chi connectivity index (χ1n) is 9.50. The predicted octanol–water partition coefficient (Wildman–Crippen LogP) is 2.63. The quantitative estimate of drug-likeness (QED) is 0.614. The highest BCUT2D eigenvalue weighted by Crippen LogP contribution is 2.19. The van der Waals surface area contributed by atoms with Crippen LogP contribution in [0.4, 0.5) is 11.4 Å². The topological polar surface area (TPSA) is 78.7 Å². The van der Waals surface area contributed by atoms with Gasteiger partial charge in [-0.1, -0.05) is 18.2 Å². The van der Waals surface area contributed by atoms with Crippen LogP contribution in [0.15, 0.2) is 42.5 Å². The fraction of sp³-hybridized carbons (Fsp3) is 0.381. The zero-order chi connectivity index (χ0) is 20.1. The molecule has 1 amide bonds. The number of aryl methyl sites for hydroxylation is 1. The first kappa shape index (κ1) is 19.8. The molecule has 0 aromatic heterocycles.